The van der Waals surface area contributed by atoms with E-state index in [1.807, 2.05) is 12.1 Å². The molecule has 0 fully saturated rings. The van der Waals surface area contributed by atoms with Crippen LogP contribution < -0.4 is 9.47 Å². The second kappa shape index (κ2) is 2.27. The fourth-order valence-corrected chi connectivity index (χ4v) is 0.948. The SMILES string of the molecule is O=[C]C1Oc2ccccc2O1. The number of benzene rings is 1. The molecule has 1 aliphatic heterocycles. The van der Waals surface area contributed by atoms with Crippen molar-refractivity contribution in [2.45, 2.75) is 6.29 Å². The van der Waals surface area contributed by atoms with E-state index < -0.39 is 6.29 Å². The molecule has 0 spiro atoms. The second-order valence-corrected chi connectivity index (χ2v) is 2.13. The predicted octanol–water partition coefficient (Wildman–Crippen LogP) is 0.894. The average molecular weight is 149 g/mol. The lowest BCUT2D eigenvalue weighted by atomic mass is 10.3. The Bertz CT molecular complexity index is 257. The van der Waals surface area contributed by atoms with Crippen LogP contribution >= 0.6 is 0 Å². The van der Waals surface area contributed by atoms with Gasteiger partial charge in [0, 0.05) is 0 Å². The van der Waals surface area contributed by atoms with Gasteiger partial charge in [-0.05, 0) is 12.1 Å². The summed E-state index contributed by atoms with van der Waals surface area (Å²) in [6.45, 7) is 0. The molecule has 1 aromatic rings. The number of hydrogen-bond acceptors (Lipinski definition) is 3. The van der Waals surface area contributed by atoms with Crippen LogP contribution in [-0.2, 0) is 4.79 Å². The highest BCUT2D eigenvalue weighted by molar-refractivity contribution is 5.59. The van der Waals surface area contributed by atoms with Crippen LogP contribution in [0.1, 0.15) is 0 Å². The summed E-state index contributed by atoms with van der Waals surface area (Å²) in [7, 11) is 0. The fourth-order valence-electron chi connectivity index (χ4n) is 0.948. The van der Waals surface area contributed by atoms with Gasteiger partial charge in [-0.1, -0.05) is 12.1 Å². The molecule has 2 rings (SSSR count). The molecular weight excluding hydrogens is 144 g/mol. The maximum Gasteiger partial charge on any atom is 0.309 e. The molecule has 0 aliphatic carbocycles. The van der Waals surface area contributed by atoms with Gasteiger partial charge in [0.1, 0.15) is 0 Å². The molecule has 11 heavy (non-hydrogen) atoms. The minimum atomic E-state index is -0.882. The third-order valence-electron chi connectivity index (χ3n) is 1.41. The topological polar surface area (TPSA) is 35.5 Å². The number of hydrogen-bond donors (Lipinski definition) is 0. The quantitative estimate of drug-likeness (QED) is 0.595. The van der Waals surface area contributed by atoms with Gasteiger partial charge in [0.25, 0.3) is 6.29 Å². The van der Waals surface area contributed by atoms with Crippen LogP contribution in [0.5, 0.6) is 11.5 Å². The number of ether oxygens (including phenoxy) is 2. The van der Waals surface area contributed by atoms with Crippen LogP contribution in [0.3, 0.4) is 0 Å². The lowest BCUT2D eigenvalue weighted by Crippen LogP contribution is -2.18. The van der Waals surface area contributed by atoms with Gasteiger partial charge in [-0.3, -0.25) is 4.79 Å². The summed E-state index contributed by atoms with van der Waals surface area (Å²) in [6, 6.07) is 7.12. The van der Waals surface area contributed by atoms with Crippen LogP contribution in [0, 0.1) is 0 Å². The summed E-state index contributed by atoms with van der Waals surface area (Å²) in [4.78, 5) is 10.1. The summed E-state index contributed by atoms with van der Waals surface area (Å²) in [5.41, 5.74) is 0. The Morgan fingerprint density at radius 1 is 1.18 bits per heavy atom. The Kier molecular flexibility index (Phi) is 1.28. The molecule has 0 bridgehead atoms. The predicted molar refractivity (Wildman–Crippen MR) is 37.2 cm³/mol. The maximum absolute atomic E-state index is 10.1. The van der Waals surface area contributed by atoms with Gasteiger partial charge < -0.3 is 9.47 Å². The lowest BCUT2D eigenvalue weighted by molar-refractivity contribution is 0.110. The third kappa shape index (κ3) is 0.941. The van der Waals surface area contributed by atoms with Crippen molar-refractivity contribution in [3.63, 3.8) is 0 Å². The molecule has 0 amide bonds. The first-order valence-corrected chi connectivity index (χ1v) is 3.20. The van der Waals surface area contributed by atoms with Crippen molar-refractivity contribution in [2.24, 2.45) is 0 Å². The Labute approximate surface area is 63.5 Å². The van der Waals surface area contributed by atoms with E-state index in [-0.39, 0.29) is 0 Å². The highest BCUT2D eigenvalue weighted by Gasteiger charge is 2.22. The molecule has 0 atom stereocenters. The third-order valence-corrected chi connectivity index (χ3v) is 1.41. The van der Waals surface area contributed by atoms with E-state index in [0.29, 0.717) is 11.5 Å². The van der Waals surface area contributed by atoms with Crippen LogP contribution in [0.4, 0.5) is 0 Å². The minimum absolute atomic E-state index is 0.598. The van der Waals surface area contributed by atoms with Crippen molar-refractivity contribution in [3.05, 3.63) is 24.3 Å². The number of para-hydroxylation sites is 2. The molecule has 1 heterocycles. The number of rotatable bonds is 1. The lowest BCUT2D eigenvalue weighted by Gasteiger charge is -1.97. The van der Waals surface area contributed by atoms with E-state index >= 15 is 0 Å². The zero-order valence-electron chi connectivity index (χ0n) is 5.61. The molecule has 1 aromatic carbocycles. The average Bonchev–Trinajstić information content (AvgIpc) is 2.46. The molecule has 0 saturated heterocycles. The summed E-state index contributed by atoms with van der Waals surface area (Å²) in [6.07, 6.45) is 0.734. The van der Waals surface area contributed by atoms with E-state index in [0.717, 1.165) is 0 Å². The maximum atomic E-state index is 10.1. The van der Waals surface area contributed by atoms with Gasteiger partial charge in [-0.25, -0.2) is 0 Å². The van der Waals surface area contributed by atoms with E-state index in [1.165, 1.54) is 0 Å². The van der Waals surface area contributed by atoms with E-state index in [1.54, 1.807) is 18.4 Å². The van der Waals surface area contributed by atoms with Crippen molar-refractivity contribution in [2.75, 3.05) is 0 Å². The Balaban J connectivity index is 2.33. The Morgan fingerprint density at radius 2 is 1.73 bits per heavy atom. The summed E-state index contributed by atoms with van der Waals surface area (Å²) >= 11 is 0. The largest absolute Gasteiger partial charge is 0.443 e. The van der Waals surface area contributed by atoms with Gasteiger partial charge in [0.05, 0.1) is 0 Å². The van der Waals surface area contributed by atoms with Crippen molar-refractivity contribution < 1.29 is 14.3 Å². The Morgan fingerprint density at radius 3 is 2.18 bits per heavy atom. The molecule has 3 nitrogen and oxygen atoms in total. The van der Waals surface area contributed by atoms with Gasteiger partial charge in [-0.15, -0.1) is 0 Å². The zero-order valence-corrected chi connectivity index (χ0v) is 5.61. The van der Waals surface area contributed by atoms with Crippen LogP contribution in [0.2, 0.25) is 0 Å². The summed E-state index contributed by atoms with van der Waals surface area (Å²) in [5.74, 6) is 1.20. The van der Waals surface area contributed by atoms with E-state index in [9.17, 15) is 4.79 Å². The summed E-state index contributed by atoms with van der Waals surface area (Å²) < 4.78 is 10.0. The van der Waals surface area contributed by atoms with Gasteiger partial charge in [0.2, 0.25) is 0 Å². The minimum Gasteiger partial charge on any atom is -0.443 e. The van der Waals surface area contributed by atoms with Crippen molar-refractivity contribution >= 4 is 6.29 Å². The van der Waals surface area contributed by atoms with E-state index in [2.05, 4.69) is 0 Å². The Hall–Kier alpha value is -1.51. The number of fused-ring (bicyclic) bond motifs is 1. The highest BCUT2D eigenvalue weighted by Crippen LogP contribution is 2.32. The molecule has 1 radical (unpaired) electrons. The molecule has 55 valence electrons. The fraction of sp³-hybridized carbons (Fsp3) is 0.125. The molecular formula is C8H5O3. The molecule has 0 unspecified atom stereocenters. The van der Waals surface area contributed by atoms with Crippen molar-refractivity contribution in [1.29, 1.82) is 0 Å². The van der Waals surface area contributed by atoms with Gasteiger partial charge >= 0.3 is 6.29 Å². The molecule has 0 N–H and O–H groups in total. The van der Waals surface area contributed by atoms with Gasteiger partial charge in [0.15, 0.2) is 11.5 Å². The first kappa shape index (κ1) is 6.22. The molecule has 1 aliphatic rings. The monoisotopic (exact) mass is 149 g/mol. The molecule has 0 saturated carbocycles. The first-order chi connectivity index (χ1) is 5.40. The van der Waals surface area contributed by atoms with Crippen LogP contribution in [-0.4, -0.2) is 12.6 Å². The van der Waals surface area contributed by atoms with Gasteiger partial charge in [-0.2, -0.15) is 0 Å². The second-order valence-electron chi connectivity index (χ2n) is 2.13. The molecule has 3 heteroatoms. The standard InChI is InChI=1S/C8H5O3/c9-5-8-10-6-3-1-2-4-7(6)11-8/h1-4,8H. The summed E-state index contributed by atoms with van der Waals surface area (Å²) in [5, 5.41) is 0. The zero-order chi connectivity index (χ0) is 7.68. The van der Waals surface area contributed by atoms with Crippen molar-refractivity contribution in [3.8, 4) is 11.5 Å². The van der Waals surface area contributed by atoms with E-state index in [4.69, 9.17) is 9.47 Å². The first-order valence-electron chi connectivity index (χ1n) is 3.20. The van der Waals surface area contributed by atoms with Crippen molar-refractivity contribution in [1.82, 2.24) is 0 Å². The highest BCUT2D eigenvalue weighted by atomic mass is 16.7. The number of carbonyl (C=O) groups excluding carboxylic acids is 1. The molecule has 0 aromatic heterocycles. The smallest absolute Gasteiger partial charge is 0.309 e. The normalized spacial score (nSPS) is 14.9. The van der Waals surface area contributed by atoms with Crippen LogP contribution in [0.15, 0.2) is 24.3 Å². The van der Waals surface area contributed by atoms with Crippen LogP contribution in [0.25, 0.3) is 0 Å².